The average molecular weight is 399 g/mol. The number of anilines is 1. The lowest BCUT2D eigenvalue weighted by Crippen LogP contribution is -2.32. The highest BCUT2D eigenvalue weighted by atomic mass is 35.5. The number of hydrogen-bond donors (Lipinski definition) is 1. The van der Waals surface area contributed by atoms with E-state index < -0.39 is 18.0 Å². The molecule has 2 aromatic rings. The molecule has 0 bridgehead atoms. The predicted molar refractivity (Wildman–Crippen MR) is 100 cm³/mol. The molecule has 0 unspecified atom stereocenters. The molecular weight excluding hydrogens is 380 g/mol. The second-order valence-electron chi connectivity index (χ2n) is 5.65. The molecular formula is C17H19ClN2O5S. The lowest BCUT2D eigenvalue weighted by atomic mass is 10.2. The maximum atomic E-state index is 12.3. The first-order chi connectivity index (χ1) is 12.2. The van der Waals surface area contributed by atoms with Crippen LogP contribution in [0, 0.1) is 13.8 Å². The molecule has 1 atom stereocenters. The van der Waals surface area contributed by atoms with Crippen LogP contribution < -0.4 is 14.9 Å². The van der Waals surface area contributed by atoms with Crippen LogP contribution >= 0.6 is 22.9 Å². The lowest BCUT2D eigenvalue weighted by molar-refractivity contribution is -0.153. The van der Waals surface area contributed by atoms with Gasteiger partial charge in [0.15, 0.2) is 6.10 Å². The van der Waals surface area contributed by atoms with Gasteiger partial charge in [-0.15, -0.1) is 0 Å². The summed E-state index contributed by atoms with van der Waals surface area (Å²) in [6.07, 6.45) is -1.04. The van der Waals surface area contributed by atoms with Gasteiger partial charge in [0.1, 0.15) is 12.3 Å². The second-order valence-corrected chi connectivity index (χ2v) is 6.88. The number of nitrogens with zero attached hydrogens (tertiary/aromatic N) is 1. The topological polar surface area (TPSA) is 86.6 Å². The first kappa shape index (κ1) is 20.0. The van der Waals surface area contributed by atoms with Gasteiger partial charge in [0.05, 0.1) is 12.8 Å². The fourth-order valence-electron chi connectivity index (χ4n) is 2.18. The van der Waals surface area contributed by atoms with Gasteiger partial charge < -0.3 is 14.8 Å². The van der Waals surface area contributed by atoms with Crippen LogP contribution in [0.2, 0.25) is 5.02 Å². The van der Waals surface area contributed by atoms with Crippen molar-refractivity contribution < 1.29 is 19.1 Å². The van der Waals surface area contributed by atoms with Crippen molar-refractivity contribution in [3.05, 3.63) is 43.5 Å². The number of ether oxygens (including phenoxy) is 2. The first-order valence-corrected chi connectivity index (χ1v) is 8.98. The molecule has 1 aromatic carbocycles. The highest BCUT2D eigenvalue weighted by Crippen LogP contribution is 2.31. The Hall–Kier alpha value is -2.32. The Balaban J connectivity index is 2.03. The minimum Gasteiger partial charge on any atom is -0.495 e. The summed E-state index contributed by atoms with van der Waals surface area (Å²) in [5.41, 5.74) is 1.85. The number of halogens is 1. The van der Waals surface area contributed by atoms with Crippen molar-refractivity contribution in [2.24, 2.45) is 0 Å². The number of carbonyl (C=O) groups is 2. The van der Waals surface area contributed by atoms with Crippen LogP contribution in [-0.4, -0.2) is 29.7 Å². The molecule has 0 spiro atoms. The van der Waals surface area contributed by atoms with Crippen molar-refractivity contribution in [3.63, 3.8) is 0 Å². The van der Waals surface area contributed by atoms with E-state index in [4.69, 9.17) is 21.1 Å². The Morgan fingerprint density at radius 1 is 1.35 bits per heavy atom. The van der Waals surface area contributed by atoms with Gasteiger partial charge in [-0.1, -0.05) is 22.9 Å². The second kappa shape index (κ2) is 8.37. The molecule has 7 nitrogen and oxygen atoms in total. The molecule has 0 radical (unpaired) electrons. The third-order valence-corrected chi connectivity index (χ3v) is 4.97. The Morgan fingerprint density at radius 2 is 2.04 bits per heavy atom. The molecule has 0 aliphatic heterocycles. The lowest BCUT2D eigenvalue weighted by Gasteiger charge is -2.16. The summed E-state index contributed by atoms with van der Waals surface area (Å²) >= 11 is 7.04. The number of aryl methyl sites for hydroxylation is 2. The van der Waals surface area contributed by atoms with E-state index >= 15 is 0 Å². The van der Waals surface area contributed by atoms with Crippen LogP contribution in [0.1, 0.15) is 18.2 Å². The van der Waals surface area contributed by atoms with E-state index in [2.05, 4.69) is 5.32 Å². The maximum Gasteiger partial charge on any atom is 0.326 e. The fraction of sp³-hybridized carbons (Fsp3) is 0.353. The molecule has 26 heavy (non-hydrogen) atoms. The van der Waals surface area contributed by atoms with Crippen molar-refractivity contribution >= 4 is 40.5 Å². The molecule has 0 fully saturated rings. The van der Waals surface area contributed by atoms with Crippen LogP contribution in [0.25, 0.3) is 0 Å². The van der Waals surface area contributed by atoms with E-state index in [0.29, 0.717) is 22.2 Å². The summed E-state index contributed by atoms with van der Waals surface area (Å²) in [4.78, 5) is 35.7. The number of methoxy groups -OCH3 is 1. The fourth-order valence-corrected chi connectivity index (χ4v) is 3.07. The summed E-state index contributed by atoms with van der Waals surface area (Å²) in [5.74, 6) is -0.795. The number of benzene rings is 1. The SMILES string of the molecule is COc1cc(Cl)c(C)cc1NC(=O)[C@H](C)OC(=O)Cn1c(C)csc1=O. The minimum absolute atomic E-state index is 0.241. The molecule has 1 heterocycles. The predicted octanol–water partition coefficient (Wildman–Crippen LogP) is 2.76. The minimum atomic E-state index is -1.04. The molecule has 0 saturated carbocycles. The third-order valence-electron chi connectivity index (χ3n) is 3.68. The molecule has 1 N–H and O–H groups in total. The smallest absolute Gasteiger partial charge is 0.326 e. The van der Waals surface area contributed by atoms with Crippen LogP contribution in [-0.2, 0) is 20.9 Å². The molecule has 0 aliphatic rings. The zero-order chi connectivity index (χ0) is 19.4. The molecule has 9 heteroatoms. The molecule has 140 valence electrons. The van der Waals surface area contributed by atoms with Crippen molar-refractivity contribution in [1.82, 2.24) is 4.57 Å². The Morgan fingerprint density at radius 3 is 2.62 bits per heavy atom. The number of carbonyl (C=O) groups excluding carboxylic acids is 2. The normalized spacial score (nSPS) is 11.7. The molecule has 1 aromatic heterocycles. The van der Waals surface area contributed by atoms with Gasteiger partial charge in [0, 0.05) is 22.2 Å². The number of aromatic nitrogens is 1. The van der Waals surface area contributed by atoms with E-state index in [-0.39, 0.29) is 11.4 Å². The van der Waals surface area contributed by atoms with Crippen molar-refractivity contribution in [1.29, 1.82) is 0 Å². The zero-order valence-electron chi connectivity index (χ0n) is 14.8. The van der Waals surface area contributed by atoms with Crippen molar-refractivity contribution in [2.45, 2.75) is 33.4 Å². The maximum absolute atomic E-state index is 12.3. The van der Waals surface area contributed by atoms with Crippen LogP contribution in [0.3, 0.4) is 0 Å². The standard InChI is InChI=1S/C17H19ClN2O5S/c1-9-5-13(14(24-4)6-12(9)18)19-16(22)11(3)25-15(21)7-20-10(2)8-26-17(20)23/h5-6,8,11H,7H2,1-4H3,(H,19,22)/t11-/m0/s1. The van der Waals surface area contributed by atoms with Crippen LogP contribution in [0.15, 0.2) is 22.3 Å². The van der Waals surface area contributed by atoms with E-state index in [1.54, 1.807) is 31.4 Å². The van der Waals surface area contributed by atoms with Gasteiger partial charge in [-0.25, -0.2) is 0 Å². The van der Waals surface area contributed by atoms with Gasteiger partial charge in [0.2, 0.25) is 0 Å². The summed E-state index contributed by atoms with van der Waals surface area (Å²) in [5, 5.41) is 4.81. The van der Waals surface area contributed by atoms with Crippen LogP contribution in [0.5, 0.6) is 5.75 Å². The summed E-state index contributed by atoms with van der Waals surface area (Å²) in [7, 11) is 1.46. The molecule has 0 aliphatic carbocycles. The van der Waals surface area contributed by atoms with Crippen molar-refractivity contribution in [3.8, 4) is 5.75 Å². The summed E-state index contributed by atoms with van der Waals surface area (Å²) in [6, 6.07) is 3.26. The number of thiazole rings is 1. The van der Waals surface area contributed by atoms with Crippen molar-refractivity contribution in [2.75, 3.05) is 12.4 Å². The third kappa shape index (κ3) is 4.64. The monoisotopic (exact) mass is 398 g/mol. The number of hydrogen-bond acceptors (Lipinski definition) is 6. The summed E-state index contributed by atoms with van der Waals surface area (Å²) < 4.78 is 11.6. The van der Waals surface area contributed by atoms with Gasteiger partial charge in [-0.3, -0.25) is 19.0 Å². The first-order valence-electron chi connectivity index (χ1n) is 7.72. The molecule has 1 amide bonds. The highest BCUT2D eigenvalue weighted by Gasteiger charge is 2.20. The Kier molecular flexibility index (Phi) is 6.44. The van der Waals surface area contributed by atoms with E-state index in [1.807, 2.05) is 0 Å². The number of amides is 1. The van der Waals surface area contributed by atoms with Gasteiger partial charge in [-0.2, -0.15) is 0 Å². The van der Waals surface area contributed by atoms with Crippen LogP contribution in [0.4, 0.5) is 5.69 Å². The van der Waals surface area contributed by atoms with Gasteiger partial charge >= 0.3 is 10.8 Å². The summed E-state index contributed by atoms with van der Waals surface area (Å²) in [6.45, 7) is 4.72. The Bertz CT molecular complexity index is 890. The van der Waals surface area contributed by atoms with Gasteiger partial charge in [-0.05, 0) is 32.4 Å². The Labute approximate surface area is 159 Å². The quantitative estimate of drug-likeness (QED) is 0.756. The van der Waals surface area contributed by atoms with E-state index in [1.165, 1.54) is 18.6 Å². The number of rotatable bonds is 6. The molecule has 2 rings (SSSR count). The number of nitrogens with one attached hydrogen (secondary N) is 1. The van der Waals surface area contributed by atoms with E-state index in [9.17, 15) is 14.4 Å². The van der Waals surface area contributed by atoms with Gasteiger partial charge in [0.25, 0.3) is 5.91 Å². The zero-order valence-corrected chi connectivity index (χ0v) is 16.4. The average Bonchev–Trinajstić information content (AvgIpc) is 2.89. The molecule has 0 saturated heterocycles. The van der Waals surface area contributed by atoms with E-state index in [0.717, 1.165) is 16.9 Å². The largest absolute Gasteiger partial charge is 0.495 e. The number of esters is 1. The highest BCUT2D eigenvalue weighted by molar-refractivity contribution is 7.07.